The lowest BCUT2D eigenvalue weighted by atomic mass is 9.87. The van der Waals surface area contributed by atoms with Gasteiger partial charge in [-0.05, 0) is 47.4 Å². The average Bonchev–Trinajstić information content (AvgIpc) is 3.15. The van der Waals surface area contributed by atoms with Crippen molar-refractivity contribution in [3.63, 3.8) is 0 Å². The van der Waals surface area contributed by atoms with Crippen LogP contribution in [-0.2, 0) is 18.6 Å². The molecule has 4 aromatic rings. The lowest BCUT2D eigenvalue weighted by Gasteiger charge is -2.19. The second-order valence-corrected chi connectivity index (χ2v) is 8.73. The molecule has 0 aliphatic rings. The molecule has 0 unspecified atom stereocenters. The molecule has 0 radical (unpaired) electrons. The maximum absolute atomic E-state index is 6.04. The summed E-state index contributed by atoms with van der Waals surface area (Å²) in [5, 5.41) is 0. The maximum Gasteiger partial charge on any atom is 0.161 e. The number of methoxy groups -OCH3 is 1. The Kier molecular flexibility index (Phi) is 6.35. The smallest absolute Gasteiger partial charge is 0.161 e. The zero-order chi connectivity index (χ0) is 22.6. The van der Waals surface area contributed by atoms with E-state index in [4.69, 9.17) is 19.2 Å². The maximum atomic E-state index is 6.04. The van der Waals surface area contributed by atoms with E-state index >= 15 is 0 Å². The molecule has 0 aliphatic carbocycles. The Morgan fingerprint density at radius 3 is 2.22 bits per heavy atom. The van der Waals surface area contributed by atoms with Crippen LogP contribution >= 0.6 is 0 Å². The first-order chi connectivity index (χ1) is 15.5. The van der Waals surface area contributed by atoms with Crippen LogP contribution in [0, 0.1) is 0 Å². The van der Waals surface area contributed by atoms with E-state index in [0.717, 1.165) is 22.6 Å². The molecule has 0 amide bonds. The third-order valence-electron chi connectivity index (χ3n) is 5.46. The molecule has 1 aromatic heterocycles. The minimum atomic E-state index is 0.130. The summed E-state index contributed by atoms with van der Waals surface area (Å²) in [5.41, 5.74) is 3.43. The van der Waals surface area contributed by atoms with Crippen LogP contribution < -0.4 is 14.2 Å². The van der Waals surface area contributed by atoms with Crippen LogP contribution in [0.4, 0.5) is 0 Å². The minimum absolute atomic E-state index is 0.130. The van der Waals surface area contributed by atoms with Gasteiger partial charge in [-0.3, -0.25) is 0 Å². The molecule has 5 nitrogen and oxygen atoms in total. The molecule has 0 aliphatic heterocycles. The van der Waals surface area contributed by atoms with Gasteiger partial charge in [0.25, 0.3) is 0 Å². The summed E-state index contributed by atoms with van der Waals surface area (Å²) in [7, 11) is 1.64. The number of para-hydroxylation sites is 4. The average molecular weight is 431 g/mol. The standard InChI is InChI=1S/C27H30N2O3/c1-27(2,3)20-13-15-21(16-14-20)31-18-17-29-23-10-6-5-9-22(23)28-26(29)19-32-25-12-8-7-11-24(25)30-4/h5-16H,17-19H2,1-4H3. The Hall–Kier alpha value is -3.47. The van der Waals surface area contributed by atoms with Crippen LogP contribution in [-0.4, -0.2) is 23.3 Å². The van der Waals surface area contributed by atoms with E-state index in [2.05, 4.69) is 43.5 Å². The first-order valence-corrected chi connectivity index (χ1v) is 10.9. The monoisotopic (exact) mass is 430 g/mol. The van der Waals surface area contributed by atoms with Gasteiger partial charge in [-0.2, -0.15) is 0 Å². The summed E-state index contributed by atoms with van der Waals surface area (Å²) in [5.74, 6) is 3.12. The molecule has 0 bridgehead atoms. The molecule has 0 saturated heterocycles. The number of ether oxygens (including phenoxy) is 3. The van der Waals surface area contributed by atoms with E-state index < -0.39 is 0 Å². The van der Waals surface area contributed by atoms with E-state index in [0.29, 0.717) is 31.3 Å². The number of benzene rings is 3. The van der Waals surface area contributed by atoms with E-state index in [9.17, 15) is 0 Å². The number of rotatable bonds is 8. The summed E-state index contributed by atoms with van der Waals surface area (Å²) in [4.78, 5) is 4.79. The first-order valence-electron chi connectivity index (χ1n) is 10.9. The minimum Gasteiger partial charge on any atom is -0.493 e. The van der Waals surface area contributed by atoms with Crippen LogP contribution in [0.25, 0.3) is 11.0 Å². The third kappa shape index (κ3) is 4.88. The molecule has 0 spiro atoms. The van der Waals surface area contributed by atoms with Crippen LogP contribution in [0.2, 0.25) is 0 Å². The SMILES string of the molecule is COc1ccccc1OCc1nc2ccccc2n1CCOc1ccc(C(C)(C)C)cc1. The van der Waals surface area contributed by atoms with Crippen molar-refractivity contribution in [1.82, 2.24) is 9.55 Å². The van der Waals surface area contributed by atoms with Gasteiger partial charge in [0.05, 0.1) is 24.7 Å². The highest BCUT2D eigenvalue weighted by atomic mass is 16.5. The highest BCUT2D eigenvalue weighted by Gasteiger charge is 2.14. The van der Waals surface area contributed by atoms with Crippen molar-refractivity contribution in [1.29, 1.82) is 0 Å². The van der Waals surface area contributed by atoms with Crippen LogP contribution in [0.1, 0.15) is 32.2 Å². The number of nitrogens with zero attached hydrogens (tertiary/aromatic N) is 2. The normalized spacial score (nSPS) is 11.5. The highest BCUT2D eigenvalue weighted by molar-refractivity contribution is 5.75. The van der Waals surface area contributed by atoms with Gasteiger partial charge in [-0.15, -0.1) is 0 Å². The predicted molar refractivity (Wildman–Crippen MR) is 128 cm³/mol. The number of hydrogen-bond donors (Lipinski definition) is 0. The zero-order valence-electron chi connectivity index (χ0n) is 19.2. The van der Waals surface area contributed by atoms with Gasteiger partial charge < -0.3 is 18.8 Å². The first kappa shape index (κ1) is 21.8. The van der Waals surface area contributed by atoms with Crippen molar-refractivity contribution in [3.05, 3.63) is 84.2 Å². The second kappa shape index (κ2) is 9.35. The highest BCUT2D eigenvalue weighted by Crippen LogP contribution is 2.27. The molecule has 0 saturated carbocycles. The quantitative estimate of drug-likeness (QED) is 0.344. The van der Waals surface area contributed by atoms with Crippen molar-refractivity contribution < 1.29 is 14.2 Å². The Balaban J connectivity index is 1.48. The molecular weight excluding hydrogens is 400 g/mol. The number of hydrogen-bond acceptors (Lipinski definition) is 4. The number of imidazole rings is 1. The molecule has 5 heteroatoms. The molecule has 0 fully saturated rings. The fourth-order valence-corrected chi connectivity index (χ4v) is 3.67. The lowest BCUT2D eigenvalue weighted by Crippen LogP contribution is -2.13. The van der Waals surface area contributed by atoms with Gasteiger partial charge >= 0.3 is 0 Å². The Labute approximate surface area is 189 Å². The molecule has 32 heavy (non-hydrogen) atoms. The molecule has 166 valence electrons. The fraction of sp³-hybridized carbons (Fsp3) is 0.296. The van der Waals surface area contributed by atoms with E-state index in [1.165, 1.54) is 5.56 Å². The Bertz CT molecular complexity index is 1170. The van der Waals surface area contributed by atoms with Crippen molar-refractivity contribution in [2.75, 3.05) is 13.7 Å². The van der Waals surface area contributed by atoms with Gasteiger partial charge in [-0.1, -0.05) is 57.2 Å². The van der Waals surface area contributed by atoms with Gasteiger partial charge in [0, 0.05) is 0 Å². The molecule has 3 aromatic carbocycles. The summed E-state index contributed by atoms with van der Waals surface area (Å²) < 4.78 is 19.6. The molecule has 4 rings (SSSR count). The van der Waals surface area contributed by atoms with E-state index in [1.807, 2.05) is 54.6 Å². The molecule has 0 atom stereocenters. The Morgan fingerprint density at radius 2 is 1.50 bits per heavy atom. The van der Waals surface area contributed by atoms with Crippen molar-refractivity contribution in [2.24, 2.45) is 0 Å². The zero-order valence-corrected chi connectivity index (χ0v) is 19.2. The van der Waals surface area contributed by atoms with Crippen LogP contribution in [0.5, 0.6) is 17.2 Å². The lowest BCUT2D eigenvalue weighted by molar-refractivity contribution is 0.262. The van der Waals surface area contributed by atoms with Gasteiger partial charge in [0.15, 0.2) is 11.5 Å². The molecule has 1 heterocycles. The van der Waals surface area contributed by atoms with Crippen LogP contribution in [0.3, 0.4) is 0 Å². The van der Waals surface area contributed by atoms with Crippen molar-refractivity contribution >= 4 is 11.0 Å². The van der Waals surface area contributed by atoms with Gasteiger partial charge in [-0.25, -0.2) is 4.98 Å². The van der Waals surface area contributed by atoms with Gasteiger partial charge in [0.1, 0.15) is 24.8 Å². The third-order valence-corrected chi connectivity index (χ3v) is 5.46. The largest absolute Gasteiger partial charge is 0.493 e. The molecular formula is C27H30N2O3. The van der Waals surface area contributed by atoms with Crippen molar-refractivity contribution in [2.45, 2.75) is 39.3 Å². The van der Waals surface area contributed by atoms with E-state index in [1.54, 1.807) is 7.11 Å². The molecule has 0 N–H and O–H groups in total. The fourth-order valence-electron chi connectivity index (χ4n) is 3.67. The van der Waals surface area contributed by atoms with Crippen molar-refractivity contribution in [3.8, 4) is 17.2 Å². The number of aromatic nitrogens is 2. The second-order valence-electron chi connectivity index (χ2n) is 8.73. The topological polar surface area (TPSA) is 45.5 Å². The summed E-state index contributed by atoms with van der Waals surface area (Å²) in [6.07, 6.45) is 0. The summed E-state index contributed by atoms with van der Waals surface area (Å²) >= 11 is 0. The number of fused-ring (bicyclic) bond motifs is 1. The summed E-state index contributed by atoms with van der Waals surface area (Å²) in [6.45, 7) is 8.18. The van der Waals surface area contributed by atoms with Crippen LogP contribution in [0.15, 0.2) is 72.8 Å². The van der Waals surface area contributed by atoms with Gasteiger partial charge in [0.2, 0.25) is 0 Å². The Morgan fingerprint density at radius 1 is 0.812 bits per heavy atom. The predicted octanol–water partition coefficient (Wildman–Crippen LogP) is 6.00. The van der Waals surface area contributed by atoms with E-state index in [-0.39, 0.29) is 5.41 Å². The summed E-state index contributed by atoms with van der Waals surface area (Å²) in [6, 6.07) is 24.1.